The average molecular weight is 493 g/mol. The van der Waals surface area contributed by atoms with E-state index in [2.05, 4.69) is 25.9 Å². The third kappa shape index (κ3) is 4.07. The number of imidazole rings is 1. The summed E-state index contributed by atoms with van der Waals surface area (Å²) in [4.78, 5) is 11.0. The highest BCUT2D eigenvalue weighted by atomic mass is 79.9. The molecular weight excluding hydrogens is 478 g/mol. The summed E-state index contributed by atoms with van der Waals surface area (Å²) < 4.78 is 78.1. The monoisotopic (exact) mass is 492 g/mol. The van der Waals surface area contributed by atoms with Crippen LogP contribution in [0.15, 0.2) is 40.9 Å². The van der Waals surface area contributed by atoms with Gasteiger partial charge in [0.25, 0.3) is 0 Å². The van der Waals surface area contributed by atoms with Gasteiger partial charge in [0.2, 0.25) is 5.95 Å². The van der Waals surface area contributed by atoms with Gasteiger partial charge in [-0.1, -0.05) is 6.07 Å². The van der Waals surface area contributed by atoms with Gasteiger partial charge in [-0.05, 0) is 46.3 Å². The van der Waals surface area contributed by atoms with Crippen LogP contribution in [0.1, 0.15) is 11.1 Å². The van der Waals surface area contributed by atoms with Crippen LogP contribution in [0.2, 0.25) is 0 Å². The Kier molecular flexibility index (Phi) is 5.11. The molecule has 11 heteroatoms. The molecule has 3 aromatic rings. The highest BCUT2D eigenvalue weighted by Crippen LogP contribution is 2.36. The number of piperazine rings is 1. The van der Waals surface area contributed by atoms with Crippen LogP contribution < -0.4 is 9.80 Å². The lowest BCUT2D eigenvalue weighted by Gasteiger charge is -2.36. The highest BCUT2D eigenvalue weighted by molar-refractivity contribution is 9.10. The first-order valence-electron chi connectivity index (χ1n) is 8.96. The average Bonchev–Trinajstić information content (AvgIpc) is 3.12. The third-order valence-corrected chi connectivity index (χ3v) is 5.58. The number of benzene rings is 2. The molecule has 1 fully saturated rings. The van der Waals surface area contributed by atoms with E-state index < -0.39 is 23.5 Å². The number of alkyl halides is 6. The molecule has 0 bridgehead atoms. The molecule has 0 spiro atoms. The van der Waals surface area contributed by atoms with Crippen LogP contribution in [-0.4, -0.2) is 36.1 Å². The van der Waals surface area contributed by atoms with Crippen LogP contribution >= 0.6 is 15.9 Å². The predicted octanol–water partition coefficient (Wildman–Crippen LogP) is 5.69. The van der Waals surface area contributed by atoms with Gasteiger partial charge in [0.05, 0.1) is 16.6 Å². The number of H-pyrrole nitrogens is 1. The Morgan fingerprint density at radius 1 is 0.833 bits per heavy atom. The SMILES string of the molecule is FC(F)(F)c1cccc(N2CCN(c3nc4c(Br)cc(C(F)(F)F)cc4[nH]3)CC2)c1. The van der Waals surface area contributed by atoms with Gasteiger partial charge in [-0.3, -0.25) is 0 Å². The van der Waals surface area contributed by atoms with Crippen LogP contribution in [0.5, 0.6) is 0 Å². The Hall–Kier alpha value is -2.43. The molecule has 1 N–H and O–H groups in total. The summed E-state index contributed by atoms with van der Waals surface area (Å²) in [5.74, 6) is 0.425. The van der Waals surface area contributed by atoms with E-state index in [1.807, 2.05) is 9.80 Å². The number of anilines is 2. The van der Waals surface area contributed by atoms with E-state index in [0.29, 0.717) is 43.3 Å². The number of rotatable bonds is 2. The highest BCUT2D eigenvalue weighted by Gasteiger charge is 2.33. The van der Waals surface area contributed by atoms with Crippen molar-refractivity contribution < 1.29 is 26.3 Å². The Labute approximate surface area is 175 Å². The number of hydrogen-bond donors (Lipinski definition) is 1. The second-order valence-corrected chi connectivity index (χ2v) is 7.79. The molecule has 2 aromatic carbocycles. The van der Waals surface area contributed by atoms with E-state index in [0.717, 1.165) is 24.3 Å². The van der Waals surface area contributed by atoms with Crippen molar-refractivity contribution in [2.24, 2.45) is 0 Å². The fourth-order valence-electron chi connectivity index (χ4n) is 3.43. The molecule has 1 saturated heterocycles. The molecule has 0 saturated carbocycles. The second kappa shape index (κ2) is 7.36. The van der Waals surface area contributed by atoms with Crippen LogP contribution in [-0.2, 0) is 12.4 Å². The van der Waals surface area contributed by atoms with Crippen LogP contribution in [0.4, 0.5) is 38.0 Å². The molecular formula is C19H15BrF6N4. The quantitative estimate of drug-likeness (QED) is 0.466. The number of nitrogens with zero attached hydrogens (tertiary/aromatic N) is 3. The molecule has 4 rings (SSSR count). The molecule has 30 heavy (non-hydrogen) atoms. The first-order valence-corrected chi connectivity index (χ1v) is 9.75. The summed E-state index contributed by atoms with van der Waals surface area (Å²) in [6.45, 7) is 1.82. The zero-order valence-corrected chi connectivity index (χ0v) is 16.9. The maximum absolute atomic E-state index is 13.0. The summed E-state index contributed by atoms with van der Waals surface area (Å²) in [5, 5.41) is 0. The first-order chi connectivity index (χ1) is 14.0. The van der Waals surface area contributed by atoms with E-state index in [-0.39, 0.29) is 9.99 Å². The fourth-order valence-corrected chi connectivity index (χ4v) is 3.98. The Bertz CT molecular complexity index is 1070. The molecule has 1 aliphatic heterocycles. The standard InChI is InChI=1S/C19H15BrF6N4/c20-14-9-12(19(24,25)26)10-15-16(14)28-17(27-15)30-6-4-29(5-7-30)13-3-1-2-11(8-13)18(21,22)23/h1-3,8-10H,4-7H2,(H,27,28). The van der Waals surface area contributed by atoms with E-state index in [4.69, 9.17) is 0 Å². The lowest BCUT2D eigenvalue weighted by atomic mass is 10.1. The normalized spacial score (nSPS) is 15.8. The van der Waals surface area contributed by atoms with Gasteiger partial charge in [0.1, 0.15) is 5.52 Å². The Morgan fingerprint density at radius 3 is 2.10 bits per heavy atom. The molecule has 160 valence electrons. The summed E-state index contributed by atoms with van der Waals surface area (Å²) in [6, 6.07) is 7.14. The number of aromatic amines is 1. The summed E-state index contributed by atoms with van der Waals surface area (Å²) in [5.41, 5.74) is -0.367. The van der Waals surface area contributed by atoms with E-state index in [9.17, 15) is 26.3 Å². The van der Waals surface area contributed by atoms with Crippen molar-refractivity contribution in [2.45, 2.75) is 12.4 Å². The molecule has 1 aliphatic rings. The van der Waals surface area contributed by atoms with Crippen LogP contribution in [0, 0.1) is 0 Å². The molecule has 4 nitrogen and oxygen atoms in total. The maximum Gasteiger partial charge on any atom is 0.416 e. The number of nitrogens with one attached hydrogen (secondary N) is 1. The first kappa shape index (κ1) is 20.8. The third-order valence-electron chi connectivity index (χ3n) is 4.97. The minimum absolute atomic E-state index is 0.234. The lowest BCUT2D eigenvalue weighted by molar-refractivity contribution is -0.138. The molecule has 0 atom stereocenters. The molecule has 1 aromatic heterocycles. The summed E-state index contributed by atoms with van der Waals surface area (Å²) in [7, 11) is 0. The van der Waals surface area contributed by atoms with Crippen molar-refractivity contribution in [3.8, 4) is 0 Å². The molecule has 2 heterocycles. The Morgan fingerprint density at radius 2 is 1.47 bits per heavy atom. The number of hydrogen-bond acceptors (Lipinski definition) is 3. The zero-order chi connectivity index (χ0) is 21.7. The van der Waals surface area contributed by atoms with E-state index in [1.54, 1.807) is 6.07 Å². The van der Waals surface area contributed by atoms with Gasteiger partial charge in [0, 0.05) is 36.3 Å². The smallest absolute Gasteiger partial charge is 0.368 e. The van der Waals surface area contributed by atoms with Gasteiger partial charge >= 0.3 is 12.4 Å². The van der Waals surface area contributed by atoms with Crippen molar-refractivity contribution in [3.63, 3.8) is 0 Å². The minimum Gasteiger partial charge on any atom is -0.368 e. The Balaban J connectivity index is 1.52. The zero-order valence-electron chi connectivity index (χ0n) is 15.3. The van der Waals surface area contributed by atoms with Gasteiger partial charge in [-0.25, -0.2) is 4.98 Å². The molecule has 0 amide bonds. The van der Waals surface area contributed by atoms with Crippen molar-refractivity contribution in [1.29, 1.82) is 0 Å². The number of halogens is 7. The van der Waals surface area contributed by atoms with Gasteiger partial charge in [-0.15, -0.1) is 0 Å². The largest absolute Gasteiger partial charge is 0.416 e. The van der Waals surface area contributed by atoms with Gasteiger partial charge < -0.3 is 14.8 Å². The van der Waals surface area contributed by atoms with Crippen molar-refractivity contribution in [3.05, 3.63) is 52.0 Å². The maximum atomic E-state index is 13.0. The lowest BCUT2D eigenvalue weighted by Crippen LogP contribution is -2.47. The van der Waals surface area contributed by atoms with Crippen LogP contribution in [0.25, 0.3) is 11.0 Å². The fraction of sp³-hybridized carbons (Fsp3) is 0.316. The van der Waals surface area contributed by atoms with Crippen molar-refractivity contribution in [2.75, 3.05) is 36.0 Å². The predicted molar refractivity (Wildman–Crippen MR) is 105 cm³/mol. The van der Waals surface area contributed by atoms with E-state index in [1.165, 1.54) is 6.07 Å². The van der Waals surface area contributed by atoms with Crippen molar-refractivity contribution in [1.82, 2.24) is 9.97 Å². The number of fused-ring (bicyclic) bond motifs is 1. The van der Waals surface area contributed by atoms with Crippen molar-refractivity contribution >= 4 is 38.6 Å². The summed E-state index contributed by atoms with van der Waals surface area (Å²) in [6.07, 6.45) is -8.88. The summed E-state index contributed by atoms with van der Waals surface area (Å²) >= 11 is 3.14. The van der Waals surface area contributed by atoms with E-state index >= 15 is 0 Å². The van der Waals surface area contributed by atoms with Gasteiger partial charge in [0.15, 0.2) is 0 Å². The minimum atomic E-state index is -4.47. The molecule has 0 aliphatic carbocycles. The molecule has 0 unspecified atom stereocenters. The number of aromatic nitrogens is 2. The van der Waals surface area contributed by atoms with Gasteiger partial charge in [-0.2, -0.15) is 26.3 Å². The van der Waals surface area contributed by atoms with Crippen LogP contribution in [0.3, 0.4) is 0 Å². The topological polar surface area (TPSA) is 35.2 Å². The molecule has 0 radical (unpaired) electrons. The second-order valence-electron chi connectivity index (χ2n) is 6.93.